The van der Waals surface area contributed by atoms with Crippen molar-refractivity contribution in [3.05, 3.63) is 65.4 Å². The summed E-state index contributed by atoms with van der Waals surface area (Å²) in [5.41, 5.74) is 5.33. The number of aryl methyl sites for hydroxylation is 1. The first-order valence-corrected chi connectivity index (χ1v) is 9.09. The number of anilines is 1. The van der Waals surface area contributed by atoms with E-state index in [1.165, 1.54) is 53.6 Å². The van der Waals surface area contributed by atoms with Crippen LogP contribution in [-0.2, 0) is 5.54 Å². The van der Waals surface area contributed by atoms with E-state index in [4.69, 9.17) is 4.42 Å². The number of hydrogen-bond acceptors (Lipinski definition) is 2. The van der Waals surface area contributed by atoms with Crippen molar-refractivity contribution in [3.63, 3.8) is 0 Å². The number of furan rings is 1. The van der Waals surface area contributed by atoms with E-state index in [0.717, 1.165) is 5.58 Å². The van der Waals surface area contributed by atoms with Gasteiger partial charge in [-0.2, -0.15) is 0 Å². The Bertz CT molecular complexity index is 917. The number of nitrogens with zero attached hydrogens (tertiary/aromatic N) is 1. The summed E-state index contributed by atoms with van der Waals surface area (Å²) in [6.07, 6.45) is 5.05. The Morgan fingerprint density at radius 3 is 2.50 bits per heavy atom. The third-order valence-electron chi connectivity index (χ3n) is 6.12. The summed E-state index contributed by atoms with van der Waals surface area (Å²) in [6.45, 7) is 4.53. The zero-order valence-electron chi connectivity index (χ0n) is 14.4. The monoisotopic (exact) mass is 317 g/mol. The average molecular weight is 317 g/mol. The Morgan fingerprint density at radius 1 is 1.00 bits per heavy atom. The molecular weight excluding hydrogens is 294 g/mol. The third-order valence-corrected chi connectivity index (χ3v) is 6.12. The predicted octanol–water partition coefficient (Wildman–Crippen LogP) is 6.09. The van der Waals surface area contributed by atoms with Gasteiger partial charge in [0, 0.05) is 16.6 Å². The fourth-order valence-electron chi connectivity index (χ4n) is 5.17. The van der Waals surface area contributed by atoms with Crippen molar-refractivity contribution in [1.82, 2.24) is 0 Å². The summed E-state index contributed by atoms with van der Waals surface area (Å²) in [5.74, 6) is 1.18. The van der Waals surface area contributed by atoms with Gasteiger partial charge in [-0.05, 0) is 44.4 Å². The van der Waals surface area contributed by atoms with Crippen LogP contribution in [0.1, 0.15) is 55.5 Å². The number of fused-ring (bicyclic) bond motifs is 4. The van der Waals surface area contributed by atoms with Crippen LogP contribution >= 0.6 is 0 Å². The maximum absolute atomic E-state index is 6.36. The van der Waals surface area contributed by atoms with Gasteiger partial charge in [-0.15, -0.1) is 0 Å². The Morgan fingerprint density at radius 2 is 1.71 bits per heavy atom. The van der Waals surface area contributed by atoms with E-state index in [0.29, 0.717) is 0 Å². The zero-order valence-corrected chi connectivity index (χ0v) is 14.4. The second-order valence-corrected chi connectivity index (χ2v) is 7.41. The molecule has 2 aromatic carbocycles. The van der Waals surface area contributed by atoms with Crippen molar-refractivity contribution in [3.8, 4) is 0 Å². The second kappa shape index (κ2) is 4.89. The molecule has 24 heavy (non-hydrogen) atoms. The van der Waals surface area contributed by atoms with E-state index in [1.54, 1.807) is 0 Å². The lowest BCUT2D eigenvalue weighted by Crippen LogP contribution is -2.40. The smallest absolute Gasteiger partial charge is 0.134 e. The lowest BCUT2D eigenvalue weighted by atomic mass is 9.87. The van der Waals surface area contributed by atoms with Gasteiger partial charge in [-0.1, -0.05) is 49.2 Å². The predicted molar refractivity (Wildman–Crippen MR) is 98.4 cm³/mol. The lowest BCUT2D eigenvalue weighted by molar-refractivity contribution is 0.410. The highest BCUT2D eigenvalue weighted by Gasteiger charge is 2.53. The number of rotatable bonds is 1. The molecule has 1 fully saturated rings. The van der Waals surface area contributed by atoms with Crippen molar-refractivity contribution < 1.29 is 4.42 Å². The molecule has 122 valence electrons. The van der Waals surface area contributed by atoms with Gasteiger partial charge in [0.1, 0.15) is 11.3 Å². The van der Waals surface area contributed by atoms with Crippen LogP contribution in [-0.4, -0.2) is 0 Å². The van der Waals surface area contributed by atoms with Gasteiger partial charge in [-0.3, -0.25) is 0 Å². The van der Waals surface area contributed by atoms with Crippen molar-refractivity contribution in [2.45, 2.75) is 51.1 Å². The summed E-state index contributed by atoms with van der Waals surface area (Å²) in [6, 6.07) is 17.7. The standard InChI is InChI=1S/C22H23NO/c1-15-9-3-5-11-18(15)23-16(2)21-20(22(23)13-7-8-14-22)17-10-4-6-12-19(17)24-21/h3-6,9-12,16H,7-8,13-14H2,1-2H3/t16-/m0/s1. The molecule has 1 spiro atoms. The minimum atomic E-state index is 0.105. The number of para-hydroxylation sites is 2. The summed E-state index contributed by atoms with van der Waals surface area (Å²) in [7, 11) is 0. The molecule has 0 amide bonds. The molecule has 2 heterocycles. The highest BCUT2D eigenvalue weighted by molar-refractivity contribution is 5.86. The second-order valence-electron chi connectivity index (χ2n) is 7.41. The quantitative estimate of drug-likeness (QED) is 0.540. The molecule has 1 aliphatic carbocycles. The Labute approximate surface area is 143 Å². The van der Waals surface area contributed by atoms with Crippen LogP contribution in [0, 0.1) is 6.92 Å². The van der Waals surface area contributed by atoms with Crippen LogP contribution in [0.3, 0.4) is 0 Å². The highest BCUT2D eigenvalue weighted by Crippen LogP contribution is 2.59. The van der Waals surface area contributed by atoms with Gasteiger partial charge in [-0.25, -0.2) is 0 Å². The topological polar surface area (TPSA) is 16.4 Å². The zero-order chi connectivity index (χ0) is 16.3. The van der Waals surface area contributed by atoms with Crippen LogP contribution in [0.4, 0.5) is 5.69 Å². The van der Waals surface area contributed by atoms with E-state index in [2.05, 4.69) is 67.3 Å². The van der Waals surface area contributed by atoms with E-state index < -0.39 is 0 Å². The van der Waals surface area contributed by atoms with E-state index >= 15 is 0 Å². The van der Waals surface area contributed by atoms with E-state index in [-0.39, 0.29) is 11.6 Å². The van der Waals surface area contributed by atoms with Gasteiger partial charge in [0.25, 0.3) is 0 Å². The molecular formula is C22H23NO. The molecule has 0 saturated heterocycles. The van der Waals surface area contributed by atoms with Crippen LogP contribution in [0.5, 0.6) is 0 Å². The van der Waals surface area contributed by atoms with Crippen molar-refractivity contribution in [2.75, 3.05) is 4.90 Å². The molecule has 0 bridgehead atoms. The molecule has 0 radical (unpaired) electrons. The Hall–Kier alpha value is -2.22. The fraction of sp³-hybridized carbons (Fsp3) is 0.364. The van der Waals surface area contributed by atoms with E-state index in [1.807, 2.05) is 0 Å². The highest BCUT2D eigenvalue weighted by atomic mass is 16.3. The van der Waals surface area contributed by atoms with Crippen molar-refractivity contribution in [1.29, 1.82) is 0 Å². The first-order chi connectivity index (χ1) is 11.7. The van der Waals surface area contributed by atoms with Crippen molar-refractivity contribution >= 4 is 16.7 Å². The molecule has 5 rings (SSSR count). The summed E-state index contributed by atoms with van der Waals surface area (Å²) < 4.78 is 6.36. The fourth-order valence-corrected chi connectivity index (χ4v) is 5.17. The normalized spacial score (nSPS) is 21.8. The van der Waals surface area contributed by atoms with Crippen LogP contribution in [0.2, 0.25) is 0 Å². The van der Waals surface area contributed by atoms with Gasteiger partial charge >= 0.3 is 0 Å². The van der Waals surface area contributed by atoms with Gasteiger partial charge in [0.05, 0.1) is 11.6 Å². The van der Waals surface area contributed by atoms with Crippen molar-refractivity contribution in [2.24, 2.45) is 0 Å². The maximum atomic E-state index is 6.36. The molecule has 1 saturated carbocycles. The van der Waals surface area contributed by atoms with Crippen LogP contribution in [0.25, 0.3) is 11.0 Å². The molecule has 1 atom stereocenters. The van der Waals surface area contributed by atoms with Gasteiger partial charge < -0.3 is 9.32 Å². The Kier molecular flexibility index (Phi) is 2.88. The number of benzene rings is 2. The minimum absolute atomic E-state index is 0.105. The van der Waals surface area contributed by atoms with Crippen LogP contribution < -0.4 is 4.90 Å². The molecule has 1 aromatic heterocycles. The average Bonchev–Trinajstić information content (AvgIpc) is 3.26. The maximum Gasteiger partial charge on any atom is 0.134 e. The minimum Gasteiger partial charge on any atom is -0.458 e. The SMILES string of the molecule is Cc1ccccc1N1[C@@H](C)c2oc3ccccc3c2C12CCCC2. The Balaban J connectivity index is 1.80. The molecule has 0 N–H and O–H groups in total. The molecule has 2 nitrogen and oxygen atoms in total. The third kappa shape index (κ3) is 1.66. The van der Waals surface area contributed by atoms with Gasteiger partial charge in [0.15, 0.2) is 0 Å². The summed E-state index contributed by atoms with van der Waals surface area (Å²) in [4.78, 5) is 2.66. The molecule has 1 aliphatic heterocycles. The molecule has 2 heteroatoms. The van der Waals surface area contributed by atoms with Gasteiger partial charge in [0.2, 0.25) is 0 Å². The number of hydrogen-bond donors (Lipinski definition) is 0. The molecule has 3 aromatic rings. The molecule has 0 unspecified atom stereocenters. The van der Waals surface area contributed by atoms with E-state index in [9.17, 15) is 0 Å². The summed E-state index contributed by atoms with van der Waals surface area (Å²) >= 11 is 0. The summed E-state index contributed by atoms with van der Waals surface area (Å²) in [5, 5.41) is 1.32. The first kappa shape index (κ1) is 14.2. The lowest BCUT2D eigenvalue weighted by Gasteiger charge is -2.41. The van der Waals surface area contributed by atoms with Crippen LogP contribution in [0.15, 0.2) is 52.9 Å². The largest absolute Gasteiger partial charge is 0.458 e. The molecule has 2 aliphatic rings. The first-order valence-electron chi connectivity index (χ1n) is 9.09.